The van der Waals surface area contributed by atoms with Crippen LogP contribution < -0.4 is 0 Å². The van der Waals surface area contributed by atoms with Crippen LogP contribution in [0.2, 0.25) is 0 Å². The van der Waals surface area contributed by atoms with E-state index in [-0.39, 0.29) is 10.8 Å². The molecule has 1 N–H and O–H groups in total. The van der Waals surface area contributed by atoms with Gasteiger partial charge in [0.05, 0.1) is 6.20 Å². The third kappa shape index (κ3) is 4.44. The molecule has 26 heavy (non-hydrogen) atoms. The fraction of sp³-hybridized carbons (Fsp3) is 0.765. The van der Waals surface area contributed by atoms with Crippen LogP contribution in [0.5, 0.6) is 0 Å². The number of piperazine rings is 1. The number of amides is 1. The van der Waals surface area contributed by atoms with E-state index in [0.29, 0.717) is 25.4 Å². The molecule has 3 heterocycles. The average Bonchev–Trinajstić information content (AvgIpc) is 3.22. The number of nitrogens with one attached hydrogen (secondary N) is 1. The molecule has 0 spiro atoms. The highest BCUT2D eigenvalue weighted by molar-refractivity contribution is 7.89. The number of carbonyl (C=O) groups excluding carboxylic acids is 1. The summed E-state index contributed by atoms with van der Waals surface area (Å²) in [6, 6.07) is 0. The van der Waals surface area contributed by atoms with E-state index >= 15 is 0 Å². The maximum atomic E-state index is 12.5. The molecule has 2 aliphatic heterocycles. The number of aromatic amines is 1. The molecule has 8 nitrogen and oxygen atoms in total. The second kappa shape index (κ2) is 8.49. The Labute approximate surface area is 155 Å². The van der Waals surface area contributed by atoms with Gasteiger partial charge in [0.2, 0.25) is 15.9 Å². The van der Waals surface area contributed by atoms with E-state index in [0.717, 1.165) is 52.0 Å². The summed E-state index contributed by atoms with van der Waals surface area (Å²) in [6.07, 6.45) is 5.82. The number of hydrogen-bond donors (Lipinski definition) is 1. The van der Waals surface area contributed by atoms with E-state index < -0.39 is 10.0 Å². The molecule has 2 fully saturated rings. The molecule has 0 bridgehead atoms. The molecule has 9 heteroatoms. The van der Waals surface area contributed by atoms with Crippen LogP contribution in [0.1, 0.15) is 32.6 Å². The van der Waals surface area contributed by atoms with Crippen LogP contribution in [0.15, 0.2) is 17.3 Å². The minimum absolute atomic E-state index is 0.220. The topological polar surface area (TPSA) is 89.6 Å². The number of aromatic nitrogens is 2. The molecule has 0 aliphatic carbocycles. The number of likely N-dealkylation sites (N-methyl/N-ethyl adjacent to an activating group) is 1. The molecule has 2 aliphatic rings. The Kier molecular flexibility index (Phi) is 6.31. The van der Waals surface area contributed by atoms with Crippen LogP contribution in [-0.2, 0) is 14.8 Å². The van der Waals surface area contributed by atoms with E-state index in [4.69, 9.17) is 0 Å². The van der Waals surface area contributed by atoms with Gasteiger partial charge >= 0.3 is 0 Å². The normalized spacial score (nSPS) is 21.2. The summed E-state index contributed by atoms with van der Waals surface area (Å²) in [5, 5.41) is 6.28. The Morgan fingerprint density at radius 2 is 1.88 bits per heavy atom. The van der Waals surface area contributed by atoms with Gasteiger partial charge in [0.1, 0.15) is 4.90 Å². The van der Waals surface area contributed by atoms with E-state index in [9.17, 15) is 13.2 Å². The summed E-state index contributed by atoms with van der Waals surface area (Å²) in [7, 11) is -3.44. The Balaban J connectivity index is 1.41. The quantitative estimate of drug-likeness (QED) is 0.783. The highest BCUT2D eigenvalue weighted by atomic mass is 32.2. The molecule has 0 unspecified atom stereocenters. The summed E-state index contributed by atoms with van der Waals surface area (Å²) in [5.74, 6) is 0.667. The summed E-state index contributed by atoms with van der Waals surface area (Å²) >= 11 is 0. The summed E-state index contributed by atoms with van der Waals surface area (Å²) in [5.41, 5.74) is 0. The van der Waals surface area contributed by atoms with Gasteiger partial charge in [-0.25, -0.2) is 8.42 Å². The van der Waals surface area contributed by atoms with E-state index in [2.05, 4.69) is 22.0 Å². The van der Waals surface area contributed by atoms with Gasteiger partial charge in [-0.05, 0) is 31.7 Å². The lowest BCUT2D eigenvalue weighted by molar-refractivity contribution is -0.133. The number of rotatable bonds is 6. The van der Waals surface area contributed by atoms with E-state index in [1.807, 2.05) is 4.90 Å². The first kappa shape index (κ1) is 19.3. The van der Waals surface area contributed by atoms with Gasteiger partial charge in [0.15, 0.2) is 0 Å². The van der Waals surface area contributed by atoms with E-state index in [1.54, 1.807) is 0 Å². The number of carbonyl (C=O) groups is 1. The van der Waals surface area contributed by atoms with Crippen LogP contribution in [0.3, 0.4) is 0 Å². The zero-order chi connectivity index (χ0) is 18.6. The Morgan fingerprint density at radius 3 is 2.46 bits per heavy atom. The van der Waals surface area contributed by atoms with Gasteiger partial charge in [-0.3, -0.25) is 9.89 Å². The van der Waals surface area contributed by atoms with Gasteiger partial charge in [-0.2, -0.15) is 9.40 Å². The SMILES string of the molecule is CCN1CCN(C(=O)CCC2CCN(S(=O)(=O)c3cn[nH]c3)CC2)CC1. The fourth-order valence-corrected chi connectivity index (χ4v) is 5.14. The number of nitrogens with zero attached hydrogens (tertiary/aromatic N) is 4. The van der Waals surface area contributed by atoms with Crippen molar-refractivity contribution >= 4 is 15.9 Å². The highest BCUT2D eigenvalue weighted by Crippen LogP contribution is 2.26. The number of hydrogen-bond acceptors (Lipinski definition) is 5. The summed E-state index contributed by atoms with van der Waals surface area (Å²) in [6.45, 7) is 7.81. The van der Waals surface area contributed by atoms with Crippen molar-refractivity contribution in [3.8, 4) is 0 Å². The predicted octanol–water partition coefficient (Wildman–Crippen LogP) is 0.755. The van der Waals surface area contributed by atoms with Gasteiger partial charge in [0, 0.05) is 51.9 Å². The molecule has 146 valence electrons. The molecule has 0 saturated carbocycles. The van der Waals surface area contributed by atoms with Crippen LogP contribution >= 0.6 is 0 Å². The van der Waals surface area contributed by atoms with Crippen molar-refractivity contribution in [3.05, 3.63) is 12.4 Å². The summed E-state index contributed by atoms with van der Waals surface area (Å²) < 4.78 is 26.5. The van der Waals surface area contributed by atoms with Crippen LogP contribution in [0.25, 0.3) is 0 Å². The maximum Gasteiger partial charge on any atom is 0.246 e. The van der Waals surface area contributed by atoms with Crippen LogP contribution in [-0.4, -0.2) is 84.4 Å². The van der Waals surface area contributed by atoms with Crippen molar-refractivity contribution < 1.29 is 13.2 Å². The molecule has 1 aromatic heterocycles. The Hall–Kier alpha value is -1.45. The lowest BCUT2D eigenvalue weighted by Gasteiger charge is -2.35. The third-order valence-electron chi connectivity index (χ3n) is 5.62. The number of H-pyrrole nitrogens is 1. The minimum atomic E-state index is -3.44. The average molecular weight is 384 g/mol. The second-order valence-electron chi connectivity index (χ2n) is 7.14. The molecule has 1 amide bonds. The standard InChI is InChI=1S/C17H29N5O3S/c1-2-20-9-11-21(12-10-20)17(23)4-3-15-5-7-22(8-6-15)26(24,25)16-13-18-19-14-16/h13-15H,2-12H2,1H3,(H,18,19). The first-order valence-electron chi connectivity index (χ1n) is 9.49. The van der Waals surface area contributed by atoms with Gasteiger partial charge in [0.25, 0.3) is 0 Å². The summed E-state index contributed by atoms with van der Waals surface area (Å²) in [4.78, 5) is 17.0. The smallest absolute Gasteiger partial charge is 0.246 e. The first-order chi connectivity index (χ1) is 12.5. The van der Waals surface area contributed by atoms with Gasteiger partial charge in [-0.15, -0.1) is 0 Å². The van der Waals surface area contributed by atoms with Crippen LogP contribution in [0.4, 0.5) is 0 Å². The zero-order valence-corrected chi connectivity index (χ0v) is 16.2. The van der Waals surface area contributed by atoms with Crippen molar-refractivity contribution in [3.63, 3.8) is 0 Å². The third-order valence-corrected chi connectivity index (χ3v) is 7.49. The monoisotopic (exact) mass is 383 g/mol. The minimum Gasteiger partial charge on any atom is -0.340 e. The van der Waals surface area contributed by atoms with Crippen molar-refractivity contribution in [1.29, 1.82) is 0 Å². The van der Waals surface area contributed by atoms with E-state index in [1.165, 1.54) is 16.7 Å². The molecule has 2 saturated heterocycles. The Morgan fingerprint density at radius 1 is 1.19 bits per heavy atom. The van der Waals surface area contributed by atoms with Gasteiger partial charge in [-0.1, -0.05) is 6.92 Å². The molecule has 3 rings (SSSR count). The zero-order valence-electron chi connectivity index (χ0n) is 15.4. The predicted molar refractivity (Wildman–Crippen MR) is 98.0 cm³/mol. The molecule has 1 aromatic rings. The second-order valence-corrected chi connectivity index (χ2v) is 9.07. The molecular formula is C17H29N5O3S. The highest BCUT2D eigenvalue weighted by Gasteiger charge is 2.30. The van der Waals surface area contributed by atoms with Crippen LogP contribution in [0, 0.1) is 5.92 Å². The van der Waals surface area contributed by atoms with Crippen molar-refractivity contribution in [2.75, 3.05) is 45.8 Å². The lowest BCUT2D eigenvalue weighted by Crippen LogP contribution is -2.48. The van der Waals surface area contributed by atoms with Gasteiger partial charge < -0.3 is 9.80 Å². The molecular weight excluding hydrogens is 354 g/mol. The van der Waals surface area contributed by atoms with Crippen molar-refractivity contribution in [1.82, 2.24) is 24.3 Å². The Bertz CT molecular complexity index is 675. The largest absolute Gasteiger partial charge is 0.340 e. The number of piperidine rings is 1. The maximum absolute atomic E-state index is 12.5. The first-order valence-corrected chi connectivity index (χ1v) is 10.9. The lowest BCUT2D eigenvalue weighted by atomic mass is 9.93. The fourth-order valence-electron chi connectivity index (χ4n) is 3.77. The van der Waals surface area contributed by atoms with Crippen molar-refractivity contribution in [2.24, 2.45) is 5.92 Å². The molecule has 0 radical (unpaired) electrons. The molecule has 0 atom stereocenters. The van der Waals surface area contributed by atoms with Crippen molar-refractivity contribution in [2.45, 2.75) is 37.5 Å². The molecule has 0 aromatic carbocycles. The number of sulfonamides is 1.